The number of benzene rings is 2. The third-order valence-corrected chi connectivity index (χ3v) is 7.62. The van der Waals surface area contributed by atoms with Crippen LogP contribution in [0.4, 0.5) is 11.4 Å². The number of anilines is 2. The van der Waals surface area contributed by atoms with Crippen LogP contribution >= 0.6 is 11.3 Å². The van der Waals surface area contributed by atoms with Crippen molar-refractivity contribution in [2.75, 3.05) is 62.7 Å². The van der Waals surface area contributed by atoms with Crippen molar-refractivity contribution >= 4 is 44.6 Å². The number of likely N-dealkylation sites (N-methyl/N-ethyl adjacent to an activating group) is 1. The number of rotatable bonds is 6. The zero-order chi connectivity index (χ0) is 22.8. The molecule has 0 unspecified atom stereocenters. The molecule has 172 valence electrons. The van der Waals surface area contributed by atoms with E-state index in [4.69, 9.17) is 0 Å². The summed E-state index contributed by atoms with van der Waals surface area (Å²) >= 11 is 1.80. The minimum absolute atomic E-state index is 0.00739. The van der Waals surface area contributed by atoms with Crippen LogP contribution in [0, 0.1) is 0 Å². The van der Waals surface area contributed by atoms with E-state index >= 15 is 0 Å². The summed E-state index contributed by atoms with van der Waals surface area (Å²) in [6, 6.07) is 16.3. The molecule has 3 heterocycles. The lowest BCUT2D eigenvalue weighted by Crippen LogP contribution is -2.46. The van der Waals surface area contributed by atoms with E-state index in [1.807, 2.05) is 24.3 Å². The molecule has 0 atom stereocenters. The highest BCUT2D eigenvalue weighted by molar-refractivity contribution is 7.17. The predicted octanol–water partition coefficient (Wildman–Crippen LogP) is 3.92. The smallest absolute Gasteiger partial charge is 0.256 e. The molecule has 7 heteroatoms. The van der Waals surface area contributed by atoms with E-state index in [9.17, 15) is 9.59 Å². The number of piperazine rings is 1. The van der Waals surface area contributed by atoms with Gasteiger partial charge in [-0.3, -0.25) is 14.5 Å². The van der Waals surface area contributed by atoms with Gasteiger partial charge in [0.25, 0.3) is 5.91 Å². The normalized spacial score (nSPS) is 17.5. The number of hydrogen-bond donors (Lipinski definition) is 0. The summed E-state index contributed by atoms with van der Waals surface area (Å²) in [7, 11) is 1.69. The number of amides is 2. The minimum Gasteiger partial charge on any atom is -0.368 e. The largest absolute Gasteiger partial charge is 0.368 e. The fraction of sp³-hybridized carbons (Fsp3) is 0.385. The topological polar surface area (TPSA) is 47.1 Å². The maximum Gasteiger partial charge on any atom is 0.256 e. The lowest BCUT2D eigenvalue weighted by Gasteiger charge is -2.36. The predicted molar refractivity (Wildman–Crippen MR) is 135 cm³/mol. The molecule has 1 aromatic heterocycles. The second-order valence-corrected chi connectivity index (χ2v) is 9.82. The third-order valence-electron chi connectivity index (χ3n) is 6.74. The molecular weight excluding hydrogens is 432 g/mol. The Balaban J connectivity index is 1.13. The van der Waals surface area contributed by atoms with Gasteiger partial charge in [-0.2, -0.15) is 0 Å². The highest BCUT2D eigenvalue weighted by atomic mass is 32.1. The van der Waals surface area contributed by atoms with Crippen molar-refractivity contribution < 1.29 is 9.59 Å². The van der Waals surface area contributed by atoms with Crippen LogP contribution in [-0.2, 0) is 4.79 Å². The number of carbonyl (C=O) groups excluding carboxylic acids is 2. The van der Waals surface area contributed by atoms with E-state index in [2.05, 4.69) is 39.4 Å². The average Bonchev–Trinajstić information content (AvgIpc) is 3.30. The van der Waals surface area contributed by atoms with Crippen LogP contribution in [0.3, 0.4) is 0 Å². The van der Waals surface area contributed by atoms with Gasteiger partial charge in [0.1, 0.15) is 6.54 Å². The summed E-state index contributed by atoms with van der Waals surface area (Å²) in [5, 5.41) is 3.54. The molecule has 0 spiro atoms. The third kappa shape index (κ3) is 4.48. The number of hydrogen-bond acceptors (Lipinski definition) is 5. The maximum atomic E-state index is 12.8. The van der Waals surface area contributed by atoms with Crippen molar-refractivity contribution in [3.05, 3.63) is 59.5 Å². The fourth-order valence-corrected chi connectivity index (χ4v) is 5.71. The molecule has 0 radical (unpaired) electrons. The Kier molecular flexibility index (Phi) is 6.33. The van der Waals surface area contributed by atoms with Gasteiger partial charge in [-0.25, -0.2) is 0 Å². The zero-order valence-corrected chi connectivity index (χ0v) is 19.9. The van der Waals surface area contributed by atoms with Gasteiger partial charge in [0.2, 0.25) is 5.91 Å². The van der Waals surface area contributed by atoms with E-state index in [1.54, 1.807) is 23.3 Å². The lowest BCUT2D eigenvalue weighted by molar-refractivity contribution is -0.118. The number of nitrogens with zero attached hydrogens (tertiary/aromatic N) is 4. The summed E-state index contributed by atoms with van der Waals surface area (Å²) in [6.07, 6.45) is 1.96. The lowest BCUT2D eigenvalue weighted by atomic mass is 10.1. The van der Waals surface area contributed by atoms with Crippen molar-refractivity contribution in [3.8, 4) is 0 Å². The number of unbranched alkanes of at least 4 members (excludes halogenated alkanes) is 1. The van der Waals surface area contributed by atoms with Gasteiger partial charge in [-0.1, -0.05) is 18.2 Å². The van der Waals surface area contributed by atoms with E-state index in [1.165, 1.54) is 20.7 Å². The van der Waals surface area contributed by atoms with Crippen LogP contribution in [0.5, 0.6) is 0 Å². The van der Waals surface area contributed by atoms with E-state index < -0.39 is 0 Å². The van der Waals surface area contributed by atoms with Crippen LogP contribution in [0.2, 0.25) is 0 Å². The van der Waals surface area contributed by atoms with Crippen molar-refractivity contribution in [3.63, 3.8) is 0 Å². The fourth-order valence-electron chi connectivity index (χ4n) is 4.91. The molecule has 1 fully saturated rings. The molecule has 0 saturated carbocycles. The maximum absolute atomic E-state index is 12.8. The molecule has 6 nitrogen and oxygen atoms in total. The highest BCUT2D eigenvalue weighted by Gasteiger charge is 2.29. The van der Waals surface area contributed by atoms with E-state index in [0.29, 0.717) is 12.1 Å². The van der Waals surface area contributed by atoms with Crippen molar-refractivity contribution in [2.24, 2.45) is 0 Å². The van der Waals surface area contributed by atoms with Gasteiger partial charge >= 0.3 is 0 Å². The quantitative estimate of drug-likeness (QED) is 0.521. The first-order valence-electron chi connectivity index (χ1n) is 11.7. The van der Waals surface area contributed by atoms with Gasteiger partial charge in [0.05, 0.1) is 11.3 Å². The van der Waals surface area contributed by atoms with Crippen LogP contribution in [-0.4, -0.2) is 74.5 Å². The second-order valence-electron chi connectivity index (χ2n) is 8.87. The van der Waals surface area contributed by atoms with E-state index in [-0.39, 0.29) is 18.4 Å². The highest BCUT2D eigenvalue weighted by Crippen LogP contribution is 2.31. The van der Waals surface area contributed by atoms with Crippen LogP contribution in [0.25, 0.3) is 10.1 Å². The minimum atomic E-state index is -0.0857. The molecule has 2 amide bonds. The monoisotopic (exact) mass is 462 g/mol. The molecule has 2 aliphatic heterocycles. The first kappa shape index (κ1) is 21.9. The Morgan fingerprint density at radius 3 is 2.45 bits per heavy atom. The summed E-state index contributed by atoms with van der Waals surface area (Å²) < 4.78 is 1.35. The summed E-state index contributed by atoms with van der Waals surface area (Å²) in [4.78, 5) is 33.7. The first-order chi connectivity index (χ1) is 16.1. The van der Waals surface area contributed by atoms with E-state index in [0.717, 1.165) is 51.3 Å². The molecular formula is C26H30N4O2S. The van der Waals surface area contributed by atoms with Crippen LogP contribution in [0.1, 0.15) is 23.2 Å². The summed E-state index contributed by atoms with van der Waals surface area (Å²) in [5.74, 6) is -0.0931. The number of para-hydroxylation sites is 1. The Morgan fingerprint density at radius 2 is 1.61 bits per heavy atom. The summed E-state index contributed by atoms with van der Waals surface area (Å²) in [5.41, 5.74) is 2.71. The number of fused-ring (bicyclic) bond motifs is 2. The first-order valence-corrected chi connectivity index (χ1v) is 12.6. The van der Waals surface area contributed by atoms with Gasteiger partial charge in [-0.15, -0.1) is 11.3 Å². The SMILES string of the molecule is CN1CC(=O)N(CCCCN2CCN(c3cccc4sccc34)CC2)c2ccccc2C1=O. The van der Waals surface area contributed by atoms with Crippen molar-refractivity contribution in [1.29, 1.82) is 0 Å². The molecule has 3 aromatic rings. The van der Waals surface area contributed by atoms with Gasteiger partial charge in [0.15, 0.2) is 0 Å². The van der Waals surface area contributed by atoms with Crippen molar-refractivity contribution in [1.82, 2.24) is 9.80 Å². The average molecular weight is 463 g/mol. The molecule has 0 aliphatic carbocycles. The molecule has 2 aromatic carbocycles. The molecule has 5 rings (SSSR count). The second kappa shape index (κ2) is 9.53. The number of thiophene rings is 1. The summed E-state index contributed by atoms with van der Waals surface area (Å²) in [6.45, 7) is 6.03. The molecule has 2 aliphatic rings. The molecule has 0 N–H and O–H groups in total. The molecule has 1 saturated heterocycles. The van der Waals surface area contributed by atoms with Crippen LogP contribution in [0.15, 0.2) is 53.9 Å². The van der Waals surface area contributed by atoms with Crippen LogP contribution < -0.4 is 9.80 Å². The number of carbonyl (C=O) groups is 2. The molecule has 33 heavy (non-hydrogen) atoms. The Bertz CT molecular complexity index is 1150. The van der Waals surface area contributed by atoms with Gasteiger partial charge < -0.3 is 14.7 Å². The molecule has 0 bridgehead atoms. The Labute approximate surface area is 199 Å². The van der Waals surface area contributed by atoms with Crippen molar-refractivity contribution in [2.45, 2.75) is 12.8 Å². The van der Waals surface area contributed by atoms with Gasteiger partial charge in [-0.05, 0) is 55.1 Å². The zero-order valence-electron chi connectivity index (χ0n) is 19.1. The Hall–Kier alpha value is -2.90. The Morgan fingerprint density at radius 1 is 0.848 bits per heavy atom. The van der Waals surface area contributed by atoms with Gasteiger partial charge in [0, 0.05) is 55.5 Å². The standard InChI is InChI=1S/C26H30N4O2S/c1-27-19-25(31)30(23-8-3-2-7-21(23)26(27)32)13-5-4-12-28-14-16-29(17-15-28)22-9-6-10-24-20(22)11-18-33-24/h2-3,6-11,18H,4-5,12-17,19H2,1H3.